The number of hydrogen-bond donors (Lipinski definition) is 3. The summed E-state index contributed by atoms with van der Waals surface area (Å²) in [7, 11) is 0. The molecule has 0 saturated carbocycles. The summed E-state index contributed by atoms with van der Waals surface area (Å²) in [6, 6.07) is 8.54. The van der Waals surface area contributed by atoms with Gasteiger partial charge in [0.15, 0.2) is 11.8 Å². The number of benzene rings is 1. The third kappa shape index (κ3) is 3.40. The molecule has 0 aliphatic carbocycles. The number of rotatable bonds is 5. The highest BCUT2D eigenvalue weighted by Crippen LogP contribution is 2.13. The molecule has 0 aliphatic rings. The minimum atomic E-state index is -1.25. The molecule has 20 heavy (non-hydrogen) atoms. The summed E-state index contributed by atoms with van der Waals surface area (Å²) in [4.78, 5) is 26.3. The molecule has 6 nitrogen and oxygen atoms in total. The second-order valence-electron chi connectivity index (χ2n) is 3.96. The average Bonchev–Trinajstić information content (AvgIpc) is 2.94. The number of aliphatic hydroxyl groups is 1. The van der Waals surface area contributed by atoms with Gasteiger partial charge < -0.3 is 15.5 Å². The van der Waals surface area contributed by atoms with E-state index in [2.05, 4.69) is 10.3 Å². The molecule has 1 atom stereocenters. The maximum atomic E-state index is 11.8. The van der Waals surface area contributed by atoms with Gasteiger partial charge in [-0.25, -0.2) is 9.78 Å². The molecule has 0 spiro atoms. The Labute approximate surface area is 118 Å². The smallest absolute Gasteiger partial charge is 0.355 e. The van der Waals surface area contributed by atoms with E-state index in [-0.39, 0.29) is 12.2 Å². The molecule has 104 valence electrons. The molecule has 1 heterocycles. The molecule has 0 saturated heterocycles. The molecule has 7 heteroatoms. The van der Waals surface area contributed by atoms with Crippen LogP contribution in [0.5, 0.6) is 0 Å². The van der Waals surface area contributed by atoms with Gasteiger partial charge in [0.1, 0.15) is 5.01 Å². The first-order valence-corrected chi connectivity index (χ1v) is 6.64. The number of nitrogens with zero attached hydrogens (tertiary/aromatic N) is 1. The number of carboxylic acids is 1. The Bertz CT molecular complexity index is 612. The predicted octanol–water partition coefficient (Wildman–Crippen LogP) is 1.19. The zero-order valence-corrected chi connectivity index (χ0v) is 11.1. The van der Waals surface area contributed by atoms with Crippen LogP contribution in [0.1, 0.15) is 27.2 Å². The first-order valence-electron chi connectivity index (χ1n) is 5.76. The Morgan fingerprint density at radius 1 is 1.30 bits per heavy atom. The van der Waals surface area contributed by atoms with Crippen molar-refractivity contribution in [3.05, 3.63) is 52.0 Å². The summed E-state index contributed by atoms with van der Waals surface area (Å²) in [5.41, 5.74) is 0.443. The first kappa shape index (κ1) is 14.2. The van der Waals surface area contributed by atoms with Crippen LogP contribution >= 0.6 is 11.3 Å². The largest absolute Gasteiger partial charge is 0.476 e. The van der Waals surface area contributed by atoms with Gasteiger partial charge in [-0.05, 0) is 5.56 Å². The summed E-state index contributed by atoms with van der Waals surface area (Å²) < 4.78 is 0. The van der Waals surface area contributed by atoms with Crippen LogP contribution in [0.4, 0.5) is 0 Å². The monoisotopic (exact) mass is 292 g/mol. The van der Waals surface area contributed by atoms with Crippen molar-refractivity contribution in [1.29, 1.82) is 0 Å². The quantitative estimate of drug-likeness (QED) is 0.768. The average molecular weight is 292 g/mol. The van der Waals surface area contributed by atoms with E-state index in [1.165, 1.54) is 5.38 Å². The summed E-state index contributed by atoms with van der Waals surface area (Å²) in [6.07, 6.45) is -1.25. The lowest BCUT2D eigenvalue weighted by Crippen LogP contribution is -2.28. The van der Waals surface area contributed by atoms with E-state index >= 15 is 0 Å². The van der Waals surface area contributed by atoms with Gasteiger partial charge in [0, 0.05) is 5.38 Å². The Morgan fingerprint density at radius 2 is 2.00 bits per heavy atom. The van der Waals surface area contributed by atoms with Crippen molar-refractivity contribution >= 4 is 23.2 Å². The maximum Gasteiger partial charge on any atom is 0.355 e. The van der Waals surface area contributed by atoms with Gasteiger partial charge >= 0.3 is 5.97 Å². The molecule has 1 unspecified atom stereocenters. The lowest BCUT2D eigenvalue weighted by atomic mass is 10.1. The number of hydrogen-bond acceptors (Lipinski definition) is 5. The number of aromatic nitrogens is 1. The zero-order chi connectivity index (χ0) is 14.5. The van der Waals surface area contributed by atoms with Crippen LogP contribution in [0.15, 0.2) is 35.7 Å². The standard InChI is InChI=1S/C13H12N2O4S/c16-11(8-4-2-1-3-5-8)12(17)14-6-10-15-9(7-20-10)13(18)19/h1-5,7,11,16H,6H2,(H,14,17)(H,18,19). The molecule has 0 bridgehead atoms. The van der Waals surface area contributed by atoms with Crippen LogP contribution in [0.25, 0.3) is 0 Å². The van der Waals surface area contributed by atoms with Gasteiger partial charge in [0.2, 0.25) is 0 Å². The van der Waals surface area contributed by atoms with Gasteiger partial charge in [-0.3, -0.25) is 4.79 Å². The Morgan fingerprint density at radius 3 is 2.60 bits per heavy atom. The molecule has 0 radical (unpaired) electrons. The molecule has 3 N–H and O–H groups in total. The van der Waals surface area contributed by atoms with Crippen molar-refractivity contribution in [2.24, 2.45) is 0 Å². The number of aliphatic hydroxyl groups excluding tert-OH is 1. The van der Waals surface area contributed by atoms with Crippen molar-refractivity contribution in [1.82, 2.24) is 10.3 Å². The van der Waals surface area contributed by atoms with E-state index in [4.69, 9.17) is 5.11 Å². The third-order valence-electron chi connectivity index (χ3n) is 2.55. The van der Waals surface area contributed by atoms with Crippen LogP contribution < -0.4 is 5.32 Å². The van der Waals surface area contributed by atoms with Crippen molar-refractivity contribution in [3.63, 3.8) is 0 Å². The van der Waals surface area contributed by atoms with Crippen LogP contribution in [0.2, 0.25) is 0 Å². The van der Waals surface area contributed by atoms with Gasteiger partial charge in [-0.1, -0.05) is 30.3 Å². The van der Waals surface area contributed by atoms with Crippen LogP contribution in [-0.2, 0) is 11.3 Å². The van der Waals surface area contributed by atoms with Crippen LogP contribution in [-0.4, -0.2) is 27.1 Å². The number of aromatic carboxylic acids is 1. The molecule has 0 aliphatic heterocycles. The molecular formula is C13H12N2O4S. The highest BCUT2D eigenvalue weighted by molar-refractivity contribution is 7.09. The molecule has 1 aromatic carbocycles. The normalized spacial score (nSPS) is 11.8. The summed E-state index contributed by atoms with van der Waals surface area (Å²) in [5.74, 6) is -1.66. The van der Waals surface area contributed by atoms with Crippen molar-refractivity contribution < 1.29 is 19.8 Å². The highest BCUT2D eigenvalue weighted by Gasteiger charge is 2.17. The topological polar surface area (TPSA) is 99.5 Å². The fourth-order valence-corrected chi connectivity index (χ4v) is 2.24. The summed E-state index contributed by atoms with van der Waals surface area (Å²) >= 11 is 1.14. The van der Waals surface area contributed by atoms with Gasteiger partial charge in [0.05, 0.1) is 6.54 Å². The van der Waals surface area contributed by atoms with E-state index in [1.54, 1.807) is 30.3 Å². The van der Waals surface area contributed by atoms with Crippen molar-refractivity contribution in [2.45, 2.75) is 12.6 Å². The van der Waals surface area contributed by atoms with E-state index in [9.17, 15) is 14.7 Å². The van der Waals surface area contributed by atoms with Crippen molar-refractivity contribution in [2.75, 3.05) is 0 Å². The molecule has 1 aromatic heterocycles. The number of thiazole rings is 1. The maximum absolute atomic E-state index is 11.8. The molecule has 2 rings (SSSR count). The van der Waals surface area contributed by atoms with E-state index in [0.29, 0.717) is 10.6 Å². The Kier molecular flexibility index (Phi) is 4.44. The molecule has 0 fully saturated rings. The zero-order valence-electron chi connectivity index (χ0n) is 10.3. The van der Waals surface area contributed by atoms with E-state index in [0.717, 1.165) is 11.3 Å². The number of amides is 1. The summed E-state index contributed by atoms with van der Waals surface area (Å²) in [5, 5.41) is 23.0. The van der Waals surface area contributed by atoms with Gasteiger partial charge in [0.25, 0.3) is 5.91 Å². The molecule has 2 aromatic rings. The van der Waals surface area contributed by atoms with E-state index in [1.807, 2.05) is 0 Å². The van der Waals surface area contributed by atoms with Gasteiger partial charge in [-0.2, -0.15) is 0 Å². The lowest BCUT2D eigenvalue weighted by Gasteiger charge is -2.10. The second-order valence-corrected chi connectivity index (χ2v) is 4.91. The second kappa shape index (κ2) is 6.27. The minimum absolute atomic E-state index is 0.0529. The SMILES string of the molecule is O=C(O)c1csc(CNC(=O)C(O)c2ccccc2)n1. The Balaban J connectivity index is 1.93. The Hall–Kier alpha value is -2.25. The van der Waals surface area contributed by atoms with Crippen LogP contribution in [0.3, 0.4) is 0 Å². The summed E-state index contributed by atoms with van der Waals surface area (Å²) in [6.45, 7) is 0.0840. The minimum Gasteiger partial charge on any atom is -0.476 e. The molecular weight excluding hydrogens is 280 g/mol. The highest BCUT2D eigenvalue weighted by atomic mass is 32.1. The third-order valence-corrected chi connectivity index (χ3v) is 3.40. The van der Waals surface area contributed by atoms with E-state index < -0.39 is 18.0 Å². The number of carbonyl (C=O) groups is 2. The number of carboxylic acid groups (broad SMARTS) is 1. The fraction of sp³-hybridized carbons (Fsp3) is 0.154. The van der Waals surface area contributed by atoms with Crippen molar-refractivity contribution in [3.8, 4) is 0 Å². The first-order chi connectivity index (χ1) is 9.58. The lowest BCUT2D eigenvalue weighted by molar-refractivity contribution is -0.129. The van der Waals surface area contributed by atoms with Crippen LogP contribution in [0, 0.1) is 0 Å². The fourth-order valence-electron chi connectivity index (χ4n) is 1.54. The number of nitrogens with one attached hydrogen (secondary N) is 1. The molecule has 1 amide bonds. The predicted molar refractivity (Wildman–Crippen MR) is 72.3 cm³/mol. The van der Waals surface area contributed by atoms with Gasteiger partial charge in [-0.15, -0.1) is 11.3 Å². The number of carbonyl (C=O) groups excluding carboxylic acids is 1.